The second kappa shape index (κ2) is 9.85. The maximum Gasteiger partial charge on any atom is 0.171 e. The van der Waals surface area contributed by atoms with Gasteiger partial charge in [0, 0.05) is 18.0 Å². The molecule has 5 aromatic carbocycles. The normalized spacial score (nSPS) is 17.5. The lowest BCUT2D eigenvalue weighted by Gasteiger charge is -2.34. The maximum atomic E-state index is 14.6. The molecule has 190 valence electrons. The number of carbonyl (C=O) groups is 1. The number of Topliss-reactive ketones (excluding diaryl/α,β-unsaturated/α-hetero) is 1. The summed E-state index contributed by atoms with van der Waals surface area (Å²) in [4.78, 5) is 16.8. The standard InChI is InChI=1S/C36H35NO/c1-23(2)25-13-15-28(16-14-25)34-33(27-11-9-24(10-12-27)22-37(3)4)21-29-18-19-31-30-8-6-5-7-26(30)17-20-32(31)35(29)36(34)38/h5-20,23,33-34H,21-22H2,1-4H3. The summed E-state index contributed by atoms with van der Waals surface area (Å²) < 4.78 is 0. The molecule has 0 fully saturated rings. The van der Waals surface area contributed by atoms with Crippen molar-refractivity contribution >= 4 is 27.3 Å². The highest BCUT2D eigenvalue weighted by Crippen LogP contribution is 2.45. The van der Waals surface area contributed by atoms with Crippen LogP contribution in [0.1, 0.15) is 69.8 Å². The fourth-order valence-electron chi connectivity index (χ4n) is 6.31. The van der Waals surface area contributed by atoms with Crippen molar-refractivity contribution in [3.63, 3.8) is 0 Å². The highest BCUT2D eigenvalue weighted by molar-refractivity contribution is 6.18. The van der Waals surface area contributed by atoms with Crippen LogP contribution >= 0.6 is 0 Å². The average molecular weight is 498 g/mol. The highest BCUT2D eigenvalue weighted by Gasteiger charge is 2.38. The lowest BCUT2D eigenvalue weighted by atomic mass is 9.68. The van der Waals surface area contributed by atoms with Gasteiger partial charge in [-0.2, -0.15) is 0 Å². The highest BCUT2D eigenvalue weighted by atomic mass is 16.1. The van der Waals surface area contributed by atoms with Crippen molar-refractivity contribution in [1.29, 1.82) is 0 Å². The van der Waals surface area contributed by atoms with E-state index in [-0.39, 0.29) is 17.6 Å². The number of carbonyl (C=O) groups excluding carboxylic acids is 1. The Morgan fingerprint density at radius 2 is 1.42 bits per heavy atom. The zero-order chi connectivity index (χ0) is 26.4. The summed E-state index contributed by atoms with van der Waals surface area (Å²) in [6.07, 6.45) is 0.855. The van der Waals surface area contributed by atoms with Crippen LogP contribution in [0, 0.1) is 0 Å². The van der Waals surface area contributed by atoms with E-state index < -0.39 is 0 Å². The molecule has 2 atom stereocenters. The molecule has 0 radical (unpaired) electrons. The van der Waals surface area contributed by atoms with Gasteiger partial charge in [0.25, 0.3) is 0 Å². The first-order valence-electron chi connectivity index (χ1n) is 13.7. The minimum atomic E-state index is -0.208. The zero-order valence-corrected chi connectivity index (χ0v) is 22.7. The molecule has 1 aliphatic rings. The van der Waals surface area contributed by atoms with Crippen LogP contribution in [0.15, 0.2) is 97.1 Å². The molecule has 0 amide bonds. The Labute approximate surface area is 225 Å². The van der Waals surface area contributed by atoms with Gasteiger partial charge in [0.2, 0.25) is 0 Å². The molecule has 0 N–H and O–H groups in total. The minimum absolute atomic E-state index is 0.103. The summed E-state index contributed by atoms with van der Waals surface area (Å²) >= 11 is 0. The Morgan fingerprint density at radius 3 is 2.13 bits per heavy atom. The zero-order valence-electron chi connectivity index (χ0n) is 22.7. The minimum Gasteiger partial charge on any atom is -0.305 e. The van der Waals surface area contributed by atoms with E-state index >= 15 is 0 Å². The Kier molecular flexibility index (Phi) is 6.37. The molecule has 0 saturated carbocycles. The molecule has 0 spiro atoms. The molecular weight excluding hydrogens is 462 g/mol. The first-order chi connectivity index (χ1) is 18.4. The van der Waals surface area contributed by atoms with Gasteiger partial charge in [0.05, 0.1) is 5.92 Å². The summed E-state index contributed by atoms with van der Waals surface area (Å²) in [6.45, 7) is 5.34. The van der Waals surface area contributed by atoms with E-state index in [1.807, 2.05) is 0 Å². The summed E-state index contributed by atoms with van der Waals surface area (Å²) in [6, 6.07) is 34.9. The molecule has 5 aromatic rings. The molecule has 0 saturated heterocycles. The SMILES string of the molecule is CC(C)c1ccc(C2C(=O)c3c(ccc4c3ccc3ccccc34)CC2c2ccc(CN(C)C)cc2)cc1. The van der Waals surface area contributed by atoms with E-state index in [1.165, 1.54) is 27.5 Å². The lowest BCUT2D eigenvalue weighted by molar-refractivity contribution is 0.0937. The Balaban J connectivity index is 1.51. The van der Waals surface area contributed by atoms with Crippen LogP contribution in [-0.4, -0.2) is 24.8 Å². The predicted octanol–water partition coefficient (Wildman–Crippen LogP) is 8.48. The fourth-order valence-corrected chi connectivity index (χ4v) is 6.31. The van der Waals surface area contributed by atoms with Gasteiger partial charge < -0.3 is 4.90 Å². The van der Waals surface area contributed by atoms with Gasteiger partial charge in [-0.05, 0) is 75.8 Å². The van der Waals surface area contributed by atoms with E-state index in [1.54, 1.807) is 0 Å². The van der Waals surface area contributed by atoms with Crippen LogP contribution in [0.3, 0.4) is 0 Å². The van der Waals surface area contributed by atoms with E-state index in [0.717, 1.165) is 40.4 Å². The molecule has 1 aliphatic carbocycles. The van der Waals surface area contributed by atoms with Crippen molar-refractivity contribution in [2.75, 3.05) is 14.1 Å². The summed E-state index contributed by atoms with van der Waals surface area (Å²) in [7, 11) is 4.18. The first kappa shape index (κ1) is 24.6. The number of hydrogen-bond acceptors (Lipinski definition) is 2. The van der Waals surface area contributed by atoms with Gasteiger partial charge in [-0.25, -0.2) is 0 Å². The number of nitrogens with zero attached hydrogens (tertiary/aromatic N) is 1. The van der Waals surface area contributed by atoms with Gasteiger partial charge in [0.1, 0.15) is 0 Å². The fraction of sp³-hybridized carbons (Fsp3) is 0.250. The predicted molar refractivity (Wildman–Crippen MR) is 159 cm³/mol. The van der Waals surface area contributed by atoms with E-state index in [4.69, 9.17) is 0 Å². The van der Waals surface area contributed by atoms with Crippen LogP contribution in [0.25, 0.3) is 21.5 Å². The van der Waals surface area contributed by atoms with Crippen LogP contribution in [-0.2, 0) is 13.0 Å². The third-order valence-corrected chi connectivity index (χ3v) is 8.25. The second-order valence-corrected chi connectivity index (χ2v) is 11.4. The molecule has 0 aliphatic heterocycles. The van der Waals surface area contributed by atoms with Crippen molar-refractivity contribution < 1.29 is 4.79 Å². The summed E-state index contributed by atoms with van der Waals surface area (Å²) in [5.74, 6) is 0.600. The van der Waals surface area contributed by atoms with Crippen LogP contribution in [0.5, 0.6) is 0 Å². The first-order valence-corrected chi connectivity index (χ1v) is 13.7. The molecule has 0 bridgehead atoms. The lowest BCUT2D eigenvalue weighted by Crippen LogP contribution is -2.29. The molecular formula is C36H35NO. The quantitative estimate of drug-likeness (QED) is 0.227. The third-order valence-electron chi connectivity index (χ3n) is 8.25. The van der Waals surface area contributed by atoms with Gasteiger partial charge in [-0.3, -0.25) is 4.79 Å². The summed E-state index contributed by atoms with van der Waals surface area (Å²) in [5, 5.41) is 4.65. The number of hydrogen-bond donors (Lipinski definition) is 0. The summed E-state index contributed by atoms with van der Waals surface area (Å²) in [5.41, 5.74) is 7.02. The van der Waals surface area contributed by atoms with E-state index in [9.17, 15) is 4.79 Å². The van der Waals surface area contributed by atoms with Gasteiger partial charge >= 0.3 is 0 Å². The molecule has 6 rings (SSSR count). The molecule has 2 unspecified atom stereocenters. The van der Waals surface area contributed by atoms with Crippen LogP contribution in [0.4, 0.5) is 0 Å². The molecule has 0 heterocycles. The smallest absolute Gasteiger partial charge is 0.171 e. The van der Waals surface area contributed by atoms with Crippen molar-refractivity contribution in [3.8, 4) is 0 Å². The monoisotopic (exact) mass is 497 g/mol. The van der Waals surface area contributed by atoms with Gasteiger partial charge in [0.15, 0.2) is 5.78 Å². The van der Waals surface area contributed by atoms with Crippen molar-refractivity contribution in [1.82, 2.24) is 4.90 Å². The third kappa shape index (κ3) is 4.33. The van der Waals surface area contributed by atoms with E-state index in [2.05, 4.69) is 130 Å². The number of benzene rings is 5. The number of ketones is 1. The topological polar surface area (TPSA) is 20.3 Å². The van der Waals surface area contributed by atoms with Gasteiger partial charge in [-0.15, -0.1) is 0 Å². The van der Waals surface area contributed by atoms with Crippen molar-refractivity contribution in [2.45, 2.75) is 44.6 Å². The average Bonchev–Trinajstić information content (AvgIpc) is 2.92. The van der Waals surface area contributed by atoms with Crippen molar-refractivity contribution in [3.05, 3.63) is 130 Å². The Hall–Kier alpha value is -3.75. The molecule has 38 heavy (non-hydrogen) atoms. The largest absolute Gasteiger partial charge is 0.305 e. The molecule has 2 nitrogen and oxygen atoms in total. The number of fused-ring (bicyclic) bond motifs is 5. The van der Waals surface area contributed by atoms with Crippen LogP contribution < -0.4 is 0 Å². The van der Waals surface area contributed by atoms with Crippen molar-refractivity contribution in [2.24, 2.45) is 0 Å². The van der Waals surface area contributed by atoms with Gasteiger partial charge in [-0.1, -0.05) is 111 Å². The number of rotatable bonds is 5. The molecule has 2 heteroatoms. The maximum absolute atomic E-state index is 14.6. The second-order valence-electron chi connectivity index (χ2n) is 11.4. The van der Waals surface area contributed by atoms with Crippen LogP contribution in [0.2, 0.25) is 0 Å². The Bertz CT molecular complexity index is 1630. The van der Waals surface area contributed by atoms with E-state index in [0.29, 0.717) is 5.92 Å². The molecule has 0 aromatic heterocycles. The Morgan fingerprint density at radius 1 is 0.737 bits per heavy atom.